The number of rotatable bonds is 9. The largest absolute Gasteiger partial charge is 0.496 e. The minimum atomic E-state index is -0.0241. The predicted octanol–water partition coefficient (Wildman–Crippen LogP) is 2.63. The Morgan fingerprint density at radius 1 is 1.16 bits per heavy atom. The van der Waals surface area contributed by atoms with E-state index in [1.54, 1.807) is 7.11 Å². The Morgan fingerprint density at radius 2 is 1.96 bits per heavy atom. The second kappa shape index (κ2) is 9.69. The van der Waals surface area contributed by atoms with Crippen LogP contribution < -0.4 is 14.8 Å². The maximum Gasteiger partial charge on any atom is 0.234 e. The van der Waals surface area contributed by atoms with E-state index in [1.165, 1.54) is 5.56 Å². The number of likely N-dealkylation sites (N-methyl/N-ethyl adjacent to an activating group) is 1. The number of ether oxygens (including phenoxy) is 2. The van der Waals surface area contributed by atoms with Gasteiger partial charge in [-0.25, -0.2) is 0 Å². The highest BCUT2D eigenvalue weighted by atomic mass is 16.5. The minimum Gasteiger partial charge on any atom is -0.496 e. The molecule has 1 amide bonds. The summed E-state index contributed by atoms with van der Waals surface area (Å²) in [5, 5.41) is 2.92. The minimum absolute atomic E-state index is 0.0241. The summed E-state index contributed by atoms with van der Waals surface area (Å²) in [6.45, 7) is 4.03. The number of hydrogen-bond donors (Lipinski definition) is 1. The van der Waals surface area contributed by atoms with Crippen LogP contribution in [-0.2, 0) is 11.3 Å². The number of aryl methyl sites for hydroxylation is 1. The van der Waals surface area contributed by atoms with Crippen LogP contribution in [0.25, 0.3) is 0 Å². The molecule has 0 fully saturated rings. The number of benzene rings is 2. The molecule has 2 aromatic carbocycles. The fourth-order valence-electron chi connectivity index (χ4n) is 2.45. The summed E-state index contributed by atoms with van der Waals surface area (Å²) in [6.07, 6.45) is 0. The van der Waals surface area contributed by atoms with Crippen LogP contribution in [0.3, 0.4) is 0 Å². The fraction of sp³-hybridized carbons (Fsp3) is 0.350. The SMILES string of the molecule is COc1ccccc1CNC(=O)CN(C)CCOc1cccc(C)c1. The standard InChI is InChI=1S/C20H26N2O3/c1-16-7-6-9-18(13-16)25-12-11-22(2)15-20(23)21-14-17-8-4-5-10-19(17)24-3/h4-10,13H,11-12,14-15H2,1-3H3,(H,21,23). The van der Waals surface area contributed by atoms with E-state index in [4.69, 9.17) is 9.47 Å². The first-order valence-electron chi connectivity index (χ1n) is 8.35. The van der Waals surface area contributed by atoms with Crippen LogP contribution >= 0.6 is 0 Å². The van der Waals surface area contributed by atoms with E-state index in [0.29, 0.717) is 26.2 Å². The maximum absolute atomic E-state index is 12.1. The average Bonchev–Trinajstić information content (AvgIpc) is 2.60. The molecular formula is C20H26N2O3. The molecule has 0 saturated carbocycles. The zero-order valence-electron chi connectivity index (χ0n) is 15.1. The van der Waals surface area contributed by atoms with Gasteiger partial charge in [0, 0.05) is 18.7 Å². The van der Waals surface area contributed by atoms with Gasteiger partial charge in [-0.2, -0.15) is 0 Å². The van der Waals surface area contributed by atoms with Crippen LogP contribution in [0.1, 0.15) is 11.1 Å². The molecule has 0 radical (unpaired) electrons. The van der Waals surface area contributed by atoms with E-state index < -0.39 is 0 Å². The lowest BCUT2D eigenvalue weighted by atomic mass is 10.2. The van der Waals surface area contributed by atoms with Crippen molar-refractivity contribution in [1.29, 1.82) is 0 Å². The van der Waals surface area contributed by atoms with Crippen LogP contribution in [0, 0.1) is 6.92 Å². The predicted molar refractivity (Wildman–Crippen MR) is 99.0 cm³/mol. The number of nitrogens with one attached hydrogen (secondary N) is 1. The quantitative estimate of drug-likeness (QED) is 0.761. The van der Waals surface area contributed by atoms with E-state index in [9.17, 15) is 4.79 Å². The Morgan fingerprint density at radius 3 is 2.72 bits per heavy atom. The normalized spacial score (nSPS) is 10.6. The van der Waals surface area contributed by atoms with Crippen molar-refractivity contribution in [3.8, 4) is 11.5 Å². The molecule has 0 spiro atoms. The Labute approximate surface area is 149 Å². The zero-order chi connectivity index (χ0) is 18.1. The van der Waals surface area contributed by atoms with Gasteiger partial charge in [0.1, 0.15) is 18.1 Å². The molecule has 0 aliphatic rings. The molecule has 1 N–H and O–H groups in total. The molecule has 5 nitrogen and oxygen atoms in total. The van der Waals surface area contributed by atoms with E-state index in [-0.39, 0.29) is 5.91 Å². The van der Waals surface area contributed by atoms with Crippen LogP contribution in [0.5, 0.6) is 11.5 Å². The van der Waals surface area contributed by atoms with E-state index in [1.807, 2.05) is 67.4 Å². The third kappa shape index (κ3) is 6.47. The van der Waals surface area contributed by atoms with Gasteiger partial charge in [0.25, 0.3) is 0 Å². The molecule has 134 valence electrons. The van der Waals surface area contributed by atoms with Crippen LogP contribution in [-0.4, -0.2) is 44.7 Å². The first-order valence-corrected chi connectivity index (χ1v) is 8.35. The fourth-order valence-corrected chi connectivity index (χ4v) is 2.45. The molecule has 0 atom stereocenters. The van der Waals surface area contributed by atoms with Crippen molar-refractivity contribution < 1.29 is 14.3 Å². The summed E-state index contributed by atoms with van der Waals surface area (Å²) < 4.78 is 11.0. The first-order chi connectivity index (χ1) is 12.1. The summed E-state index contributed by atoms with van der Waals surface area (Å²) >= 11 is 0. The second-order valence-corrected chi connectivity index (χ2v) is 5.99. The number of nitrogens with zero attached hydrogens (tertiary/aromatic N) is 1. The number of hydrogen-bond acceptors (Lipinski definition) is 4. The number of para-hydroxylation sites is 1. The van der Waals surface area contributed by atoms with Gasteiger partial charge in [-0.15, -0.1) is 0 Å². The Kier molecular flexibility index (Phi) is 7.29. The number of carbonyl (C=O) groups is 1. The Hall–Kier alpha value is -2.53. The maximum atomic E-state index is 12.1. The molecule has 0 heterocycles. The monoisotopic (exact) mass is 342 g/mol. The van der Waals surface area contributed by atoms with Gasteiger partial charge in [0.05, 0.1) is 13.7 Å². The lowest BCUT2D eigenvalue weighted by Crippen LogP contribution is -2.36. The van der Waals surface area contributed by atoms with Crippen LogP contribution in [0.15, 0.2) is 48.5 Å². The Bertz CT molecular complexity index is 688. The molecule has 2 aromatic rings. The molecule has 0 aliphatic heterocycles. The van der Waals surface area contributed by atoms with Crippen molar-refractivity contribution in [2.75, 3.05) is 33.9 Å². The van der Waals surface area contributed by atoms with E-state index >= 15 is 0 Å². The van der Waals surface area contributed by atoms with Gasteiger partial charge in [0.2, 0.25) is 5.91 Å². The molecule has 0 aromatic heterocycles. The summed E-state index contributed by atoms with van der Waals surface area (Å²) in [6, 6.07) is 15.6. The van der Waals surface area contributed by atoms with Crippen molar-refractivity contribution in [3.63, 3.8) is 0 Å². The topological polar surface area (TPSA) is 50.8 Å². The molecule has 0 bridgehead atoms. The smallest absolute Gasteiger partial charge is 0.234 e. The third-order valence-electron chi connectivity index (χ3n) is 3.81. The molecule has 0 aliphatic carbocycles. The lowest BCUT2D eigenvalue weighted by molar-refractivity contribution is -0.122. The van der Waals surface area contributed by atoms with Crippen molar-refractivity contribution >= 4 is 5.91 Å². The van der Waals surface area contributed by atoms with Gasteiger partial charge in [-0.3, -0.25) is 9.69 Å². The van der Waals surface area contributed by atoms with Crippen LogP contribution in [0.4, 0.5) is 0 Å². The first kappa shape index (κ1) is 18.8. The number of methoxy groups -OCH3 is 1. The number of amides is 1. The van der Waals surface area contributed by atoms with Gasteiger partial charge in [-0.1, -0.05) is 30.3 Å². The van der Waals surface area contributed by atoms with Crippen molar-refractivity contribution in [1.82, 2.24) is 10.2 Å². The van der Waals surface area contributed by atoms with E-state index in [0.717, 1.165) is 17.1 Å². The third-order valence-corrected chi connectivity index (χ3v) is 3.81. The molecule has 5 heteroatoms. The highest BCUT2D eigenvalue weighted by molar-refractivity contribution is 5.78. The van der Waals surface area contributed by atoms with Crippen molar-refractivity contribution in [2.24, 2.45) is 0 Å². The van der Waals surface area contributed by atoms with Crippen molar-refractivity contribution in [3.05, 3.63) is 59.7 Å². The number of carbonyl (C=O) groups excluding carboxylic acids is 1. The summed E-state index contributed by atoms with van der Waals surface area (Å²) in [4.78, 5) is 14.0. The van der Waals surface area contributed by atoms with Crippen LogP contribution in [0.2, 0.25) is 0 Å². The summed E-state index contributed by atoms with van der Waals surface area (Å²) in [7, 11) is 3.53. The summed E-state index contributed by atoms with van der Waals surface area (Å²) in [5.41, 5.74) is 2.13. The Balaban J connectivity index is 1.69. The van der Waals surface area contributed by atoms with Gasteiger partial charge in [0.15, 0.2) is 0 Å². The zero-order valence-corrected chi connectivity index (χ0v) is 15.1. The average molecular weight is 342 g/mol. The molecule has 0 unspecified atom stereocenters. The molecule has 2 rings (SSSR count). The highest BCUT2D eigenvalue weighted by Crippen LogP contribution is 2.16. The second-order valence-electron chi connectivity index (χ2n) is 5.99. The lowest BCUT2D eigenvalue weighted by Gasteiger charge is -2.17. The van der Waals surface area contributed by atoms with Crippen molar-refractivity contribution in [2.45, 2.75) is 13.5 Å². The molecule has 25 heavy (non-hydrogen) atoms. The summed E-state index contributed by atoms with van der Waals surface area (Å²) in [5.74, 6) is 1.61. The van der Waals surface area contributed by atoms with Gasteiger partial charge >= 0.3 is 0 Å². The molecular weight excluding hydrogens is 316 g/mol. The van der Waals surface area contributed by atoms with Gasteiger partial charge in [-0.05, 0) is 37.7 Å². The van der Waals surface area contributed by atoms with Gasteiger partial charge < -0.3 is 14.8 Å². The highest BCUT2D eigenvalue weighted by Gasteiger charge is 2.08. The molecule has 0 saturated heterocycles. The van der Waals surface area contributed by atoms with E-state index in [2.05, 4.69) is 5.32 Å².